The van der Waals surface area contributed by atoms with Gasteiger partial charge in [0.15, 0.2) is 0 Å². The average molecular weight is 295 g/mol. The minimum atomic E-state index is 0.416. The molecular weight excluding hydrogens is 276 g/mol. The molecule has 2 aromatic rings. The first-order valence-corrected chi connectivity index (χ1v) is 7.57. The highest BCUT2D eigenvalue weighted by molar-refractivity contribution is 7.10. The van der Waals surface area contributed by atoms with Gasteiger partial charge in [-0.05, 0) is 43.2 Å². The average Bonchev–Trinajstić information content (AvgIpc) is 2.88. The largest absolute Gasteiger partial charge is 0.311 e. The molecule has 4 heteroatoms. The first kappa shape index (κ1) is 14.5. The second-order valence-electron chi connectivity index (χ2n) is 4.76. The van der Waals surface area contributed by atoms with Crippen LogP contribution in [-0.2, 0) is 6.54 Å². The van der Waals surface area contributed by atoms with Crippen molar-refractivity contribution >= 4 is 22.9 Å². The van der Waals surface area contributed by atoms with Gasteiger partial charge in [-0.3, -0.25) is 0 Å². The van der Waals surface area contributed by atoms with Crippen LogP contribution in [0.1, 0.15) is 16.5 Å². The molecule has 1 atom stereocenters. The van der Waals surface area contributed by atoms with Crippen molar-refractivity contribution in [1.29, 1.82) is 0 Å². The van der Waals surface area contributed by atoms with Gasteiger partial charge in [-0.1, -0.05) is 29.8 Å². The number of nitrogens with zero attached hydrogens (tertiary/aromatic N) is 1. The highest BCUT2D eigenvalue weighted by Gasteiger charge is 2.14. The summed E-state index contributed by atoms with van der Waals surface area (Å²) in [4.78, 5) is 3.64. The van der Waals surface area contributed by atoms with E-state index >= 15 is 0 Å². The predicted molar refractivity (Wildman–Crippen MR) is 83.9 cm³/mol. The zero-order chi connectivity index (χ0) is 13.7. The van der Waals surface area contributed by atoms with E-state index in [1.54, 1.807) is 11.3 Å². The standard InChI is InChI=1S/C15H19ClN2S/c1-18(2)14(15-7-4-8-19-15)11-17-10-12-5-3-6-13(16)9-12/h3-9,14,17H,10-11H2,1-2H3. The summed E-state index contributed by atoms with van der Waals surface area (Å²) in [7, 11) is 4.23. The molecule has 0 saturated carbocycles. The van der Waals surface area contributed by atoms with Crippen molar-refractivity contribution in [3.8, 4) is 0 Å². The molecule has 2 nitrogen and oxygen atoms in total. The Morgan fingerprint density at radius 3 is 2.74 bits per heavy atom. The van der Waals surface area contributed by atoms with Crippen LogP contribution in [0.3, 0.4) is 0 Å². The van der Waals surface area contributed by atoms with Gasteiger partial charge in [0.1, 0.15) is 0 Å². The van der Waals surface area contributed by atoms with Crippen molar-refractivity contribution in [3.05, 3.63) is 57.2 Å². The summed E-state index contributed by atoms with van der Waals surface area (Å²) < 4.78 is 0. The van der Waals surface area contributed by atoms with Gasteiger partial charge < -0.3 is 10.2 Å². The molecule has 1 unspecified atom stereocenters. The lowest BCUT2D eigenvalue weighted by molar-refractivity contribution is 0.292. The van der Waals surface area contributed by atoms with Crippen molar-refractivity contribution in [3.63, 3.8) is 0 Å². The monoisotopic (exact) mass is 294 g/mol. The van der Waals surface area contributed by atoms with Gasteiger partial charge in [0.05, 0.1) is 6.04 Å². The minimum Gasteiger partial charge on any atom is -0.311 e. The number of nitrogens with one attached hydrogen (secondary N) is 1. The molecule has 1 N–H and O–H groups in total. The Morgan fingerprint density at radius 2 is 2.11 bits per heavy atom. The lowest BCUT2D eigenvalue weighted by Crippen LogP contribution is -2.30. The Kier molecular flexibility index (Phi) is 5.40. The van der Waals surface area contributed by atoms with Gasteiger partial charge in [0.25, 0.3) is 0 Å². The summed E-state index contributed by atoms with van der Waals surface area (Å²) in [5, 5.41) is 6.43. The maximum atomic E-state index is 5.98. The zero-order valence-electron chi connectivity index (χ0n) is 11.3. The first-order chi connectivity index (χ1) is 9.16. The first-order valence-electron chi connectivity index (χ1n) is 6.32. The molecular formula is C15H19ClN2S. The molecule has 0 aliphatic rings. The molecule has 0 radical (unpaired) electrons. The van der Waals surface area contributed by atoms with Crippen molar-refractivity contribution in [2.45, 2.75) is 12.6 Å². The highest BCUT2D eigenvalue weighted by atomic mass is 35.5. The van der Waals surface area contributed by atoms with Crippen molar-refractivity contribution in [2.24, 2.45) is 0 Å². The summed E-state index contributed by atoms with van der Waals surface area (Å²) in [6.07, 6.45) is 0. The molecule has 0 amide bonds. The summed E-state index contributed by atoms with van der Waals surface area (Å²) in [6.45, 7) is 1.77. The second kappa shape index (κ2) is 7.06. The van der Waals surface area contributed by atoms with E-state index in [9.17, 15) is 0 Å². The highest BCUT2D eigenvalue weighted by Crippen LogP contribution is 2.22. The molecule has 0 fully saturated rings. The van der Waals surface area contributed by atoms with Crippen LogP contribution in [0, 0.1) is 0 Å². The van der Waals surface area contributed by atoms with E-state index in [0.29, 0.717) is 6.04 Å². The molecule has 1 aromatic carbocycles. The SMILES string of the molecule is CN(C)C(CNCc1cccc(Cl)c1)c1cccs1. The van der Waals surface area contributed by atoms with Gasteiger partial charge in [0, 0.05) is 23.0 Å². The van der Waals surface area contributed by atoms with Crippen LogP contribution in [0.5, 0.6) is 0 Å². The fourth-order valence-electron chi connectivity index (χ4n) is 2.02. The van der Waals surface area contributed by atoms with Gasteiger partial charge in [-0.25, -0.2) is 0 Å². The molecule has 0 spiro atoms. The van der Waals surface area contributed by atoms with Gasteiger partial charge in [0.2, 0.25) is 0 Å². The molecule has 19 heavy (non-hydrogen) atoms. The van der Waals surface area contributed by atoms with Gasteiger partial charge in [-0.15, -0.1) is 11.3 Å². The Hall–Kier alpha value is -0.870. The van der Waals surface area contributed by atoms with Crippen LogP contribution in [0.25, 0.3) is 0 Å². The van der Waals surface area contributed by atoms with Crippen LogP contribution in [0.2, 0.25) is 5.02 Å². The van der Waals surface area contributed by atoms with Gasteiger partial charge >= 0.3 is 0 Å². The zero-order valence-corrected chi connectivity index (χ0v) is 12.8. The molecule has 1 heterocycles. The Balaban J connectivity index is 1.90. The lowest BCUT2D eigenvalue weighted by Gasteiger charge is -2.23. The molecule has 0 aliphatic carbocycles. The van der Waals surface area contributed by atoms with Crippen LogP contribution >= 0.6 is 22.9 Å². The minimum absolute atomic E-state index is 0.416. The van der Waals surface area contributed by atoms with Crippen LogP contribution < -0.4 is 5.32 Å². The second-order valence-corrected chi connectivity index (χ2v) is 6.17. The molecule has 1 aromatic heterocycles. The van der Waals surface area contributed by atoms with E-state index in [0.717, 1.165) is 18.1 Å². The lowest BCUT2D eigenvalue weighted by atomic mass is 10.2. The number of hydrogen-bond acceptors (Lipinski definition) is 3. The third kappa shape index (κ3) is 4.32. The summed E-state index contributed by atoms with van der Waals surface area (Å²) in [5.41, 5.74) is 1.22. The molecule has 102 valence electrons. The number of hydrogen-bond donors (Lipinski definition) is 1. The quantitative estimate of drug-likeness (QED) is 0.872. The van der Waals surface area contributed by atoms with E-state index < -0.39 is 0 Å². The molecule has 0 saturated heterocycles. The number of likely N-dealkylation sites (N-methyl/N-ethyl adjacent to an activating group) is 1. The molecule has 0 aliphatic heterocycles. The van der Waals surface area contributed by atoms with Crippen LogP contribution in [0.4, 0.5) is 0 Å². The van der Waals surface area contributed by atoms with Crippen molar-refractivity contribution in [2.75, 3.05) is 20.6 Å². The topological polar surface area (TPSA) is 15.3 Å². The Morgan fingerprint density at radius 1 is 1.26 bits per heavy atom. The van der Waals surface area contributed by atoms with Crippen LogP contribution in [-0.4, -0.2) is 25.5 Å². The summed E-state index contributed by atoms with van der Waals surface area (Å²) in [5.74, 6) is 0. The van der Waals surface area contributed by atoms with E-state index in [-0.39, 0.29) is 0 Å². The third-order valence-electron chi connectivity index (χ3n) is 3.05. The van der Waals surface area contributed by atoms with Crippen LogP contribution in [0.15, 0.2) is 41.8 Å². The van der Waals surface area contributed by atoms with Crippen molar-refractivity contribution in [1.82, 2.24) is 10.2 Å². The number of benzene rings is 1. The number of rotatable bonds is 6. The summed E-state index contributed by atoms with van der Waals surface area (Å²) in [6, 6.07) is 12.7. The van der Waals surface area contributed by atoms with E-state index in [1.165, 1.54) is 10.4 Å². The normalized spacial score (nSPS) is 12.8. The molecule has 2 rings (SSSR count). The van der Waals surface area contributed by atoms with E-state index in [4.69, 9.17) is 11.6 Å². The van der Waals surface area contributed by atoms with Crippen molar-refractivity contribution < 1.29 is 0 Å². The smallest absolute Gasteiger partial charge is 0.0561 e. The predicted octanol–water partition coefficient (Wildman–Crippen LogP) is 3.79. The number of halogens is 1. The summed E-state index contributed by atoms with van der Waals surface area (Å²) >= 11 is 7.79. The Bertz CT molecular complexity index is 497. The van der Waals surface area contributed by atoms with E-state index in [1.807, 2.05) is 18.2 Å². The fraction of sp³-hybridized carbons (Fsp3) is 0.333. The maximum Gasteiger partial charge on any atom is 0.0561 e. The maximum absolute atomic E-state index is 5.98. The molecule has 0 bridgehead atoms. The van der Waals surface area contributed by atoms with Gasteiger partial charge in [-0.2, -0.15) is 0 Å². The Labute approximate surface area is 124 Å². The fourth-order valence-corrected chi connectivity index (χ4v) is 3.15. The van der Waals surface area contributed by atoms with E-state index in [2.05, 4.69) is 47.9 Å². The number of thiophene rings is 1. The third-order valence-corrected chi connectivity index (χ3v) is 4.26.